The van der Waals surface area contributed by atoms with Crippen molar-refractivity contribution >= 4 is 46.3 Å². The fourth-order valence-electron chi connectivity index (χ4n) is 3.17. The first-order chi connectivity index (χ1) is 13.0. The highest BCUT2D eigenvalue weighted by molar-refractivity contribution is 7.80. The molecule has 1 aliphatic heterocycles. The summed E-state index contributed by atoms with van der Waals surface area (Å²) < 4.78 is 2.09. The second kappa shape index (κ2) is 6.75. The molecule has 7 heteroatoms. The van der Waals surface area contributed by atoms with Crippen LogP contribution in [-0.4, -0.2) is 20.6 Å². The van der Waals surface area contributed by atoms with Crippen molar-refractivity contribution in [1.29, 1.82) is 0 Å². The number of hydrogen-bond acceptors (Lipinski definition) is 4. The molecule has 4 rings (SSSR count). The van der Waals surface area contributed by atoms with Crippen molar-refractivity contribution in [1.82, 2.24) is 14.9 Å². The number of nitrogens with zero attached hydrogens (tertiary/aromatic N) is 3. The number of thiocarbonyl (C=S) groups is 1. The molecule has 0 bridgehead atoms. The lowest BCUT2D eigenvalue weighted by Gasteiger charge is -2.13. The van der Waals surface area contributed by atoms with Crippen LogP contribution in [0.5, 0.6) is 0 Å². The quantitative estimate of drug-likeness (QED) is 0.536. The molecule has 0 unspecified atom stereocenters. The Kier molecular flexibility index (Phi) is 4.41. The molecule has 1 saturated heterocycles. The fourth-order valence-corrected chi connectivity index (χ4v) is 4.22. The van der Waals surface area contributed by atoms with Gasteiger partial charge >= 0.3 is 0 Å². The van der Waals surface area contributed by atoms with E-state index in [1.165, 1.54) is 4.90 Å². The highest BCUT2D eigenvalue weighted by Crippen LogP contribution is 2.26. The van der Waals surface area contributed by atoms with Crippen LogP contribution in [0.25, 0.3) is 11.2 Å². The van der Waals surface area contributed by atoms with Crippen molar-refractivity contribution in [2.75, 3.05) is 4.90 Å². The maximum absolute atomic E-state index is 12.9. The van der Waals surface area contributed by atoms with Crippen molar-refractivity contribution in [3.05, 3.63) is 70.1 Å². The average Bonchev–Trinajstić information content (AvgIpc) is 3.31. The molecule has 0 aliphatic carbocycles. The Bertz CT molecular complexity index is 1060. The normalized spacial score (nSPS) is 15.7. The van der Waals surface area contributed by atoms with Gasteiger partial charge in [0.2, 0.25) is 0 Å². The molecule has 1 N–H and O–H groups in total. The molecule has 27 heavy (non-hydrogen) atoms. The maximum atomic E-state index is 12.9. The summed E-state index contributed by atoms with van der Waals surface area (Å²) in [5.41, 5.74) is 5.43. The van der Waals surface area contributed by atoms with E-state index in [2.05, 4.69) is 20.9 Å². The lowest BCUT2D eigenvalue weighted by atomic mass is 10.2. The molecule has 1 amide bonds. The number of nitrogens with one attached hydrogen (secondary N) is 1. The van der Waals surface area contributed by atoms with Gasteiger partial charge in [0.25, 0.3) is 5.91 Å². The molecule has 1 aromatic carbocycles. The van der Waals surface area contributed by atoms with Crippen LogP contribution in [0.2, 0.25) is 0 Å². The second-order valence-corrected chi connectivity index (χ2v) is 7.70. The molecular weight excluding hydrogens is 376 g/mol. The largest absolute Gasteiger partial charge is 0.327 e. The van der Waals surface area contributed by atoms with Gasteiger partial charge in [-0.25, -0.2) is 4.98 Å². The Balaban J connectivity index is 1.69. The molecule has 0 radical (unpaired) electrons. The summed E-state index contributed by atoms with van der Waals surface area (Å²) >= 11 is 6.97. The minimum atomic E-state index is -0.150. The van der Waals surface area contributed by atoms with E-state index in [4.69, 9.17) is 12.2 Å². The van der Waals surface area contributed by atoms with Crippen LogP contribution in [0.4, 0.5) is 5.69 Å². The highest BCUT2D eigenvalue weighted by Gasteiger charge is 2.32. The number of anilines is 1. The third-order valence-corrected chi connectivity index (χ3v) is 5.59. The van der Waals surface area contributed by atoms with E-state index in [1.807, 2.05) is 56.5 Å². The van der Waals surface area contributed by atoms with E-state index in [0.717, 1.165) is 33.3 Å². The molecule has 0 spiro atoms. The second-order valence-electron chi connectivity index (χ2n) is 6.44. The third-order valence-electron chi connectivity index (χ3n) is 4.55. The van der Waals surface area contributed by atoms with Crippen LogP contribution in [0.15, 0.2) is 47.6 Å². The van der Waals surface area contributed by atoms with E-state index in [1.54, 1.807) is 17.5 Å². The number of carbonyl (C=O) groups excluding carboxylic acids is 1. The summed E-state index contributed by atoms with van der Waals surface area (Å²) in [5.74, 6) is -0.150. The van der Waals surface area contributed by atoms with Crippen LogP contribution in [0.3, 0.4) is 0 Å². The van der Waals surface area contributed by atoms with E-state index in [-0.39, 0.29) is 5.91 Å². The van der Waals surface area contributed by atoms with E-state index >= 15 is 0 Å². The highest BCUT2D eigenvalue weighted by atomic mass is 32.1. The molecule has 1 aliphatic rings. The number of aryl methyl sites for hydroxylation is 2. The van der Waals surface area contributed by atoms with E-state index < -0.39 is 0 Å². The van der Waals surface area contributed by atoms with Crippen LogP contribution >= 0.6 is 23.6 Å². The Morgan fingerprint density at radius 1 is 1.19 bits per heavy atom. The minimum absolute atomic E-state index is 0.150. The minimum Gasteiger partial charge on any atom is -0.327 e. The van der Waals surface area contributed by atoms with Gasteiger partial charge in [-0.15, -0.1) is 11.3 Å². The van der Waals surface area contributed by atoms with Gasteiger partial charge in [-0.05, 0) is 62.8 Å². The lowest BCUT2D eigenvalue weighted by Crippen LogP contribution is -2.30. The lowest BCUT2D eigenvalue weighted by molar-refractivity contribution is -0.113. The Morgan fingerprint density at radius 2 is 1.93 bits per heavy atom. The van der Waals surface area contributed by atoms with Gasteiger partial charge in [-0.2, -0.15) is 0 Å². The summed E-state index contributed by atoms with van der Waals surface area (Å²) in [5, 5.41) is 6.31. The topological polar surface area (TPSA) is 50.2 Å². The standard InChI is InChI=1S/C20H18N4OS2/c1-12-4-6-16(7-5-12)24-18(25)17(22-19(24)26)11-15-10-13(2)23(14(15)3)20-21-8-9-27-20/h4-11H,1-3H3,(H,22,26)/b17-11-. The molecule has 136 valence electrons. The monoisotopic (exact) mass is 394 g/mol. The summed E-state index contributed by atoms with van der Waals surface area (Å²) in [6, 6.07) is 9.79. The van der Waals surface area contributed by atoms with Gasteiger partial charge in [-0.1, -0.05) is 17.7 Å². The van der Waals surface area contributed by atoms with Crippen LogP contribution < -0.4 is 10.2 Å². The average molecular weight is 395 g/mol. The summed E-state index contributed by atoms with van der Waals surface area (Å²) in [4.78, 5) is 18.8. The molecule has 0 atom stereocenters. The van der Waals surface area contributed by atoms with Crippen LogP contribution in [0, 0.1) is 20.8 Å². The molecule has 1 fully saturated rings. The smallest absolute Gasteiger partial charge is 0.281 e. The van der Waals surface area contributed by atoms with Gasteiger partial charge in [0.15, 0.2) is 10.2 Å². The summed E-state index contributed by atoms with van der Waals surface area (Å²) in [7, 11) is 0. The summed E-state index contributed by atoms with van der Waals surface area (Å²) in [6.45, 7) is 6.07. The van der Waals surface area contributed by atoms with E-state index in [9.17, 15) is 4.79 Å². The number of carbonyl (C=O) groups is 1. The van der Waals surface area contributed by atoms with Gasteiger partial charge < -0.3 is 5.32 Å². The van der Waals surface area contributed by atoms with Gasteiger partial charge in [-0.3, -0.25) is 14.3 Å². The Labute approximate surface area is 167 Å². The Morgan fingerprint density at radius 3 is 2.59 bits per heavy atom. The molecule has 0 saturated carbocycles. The maximum Gasteiger partial charge on any atom is 0.281 e. The Hall–Kier alpha value is -2.77. The van der Waals surface area contributed by atoms with Crippen molar-refractivity contribution in [3.8, 4) is 5.13 Å². The molecule has 2 aromatic heterocycles. The van der Waals surface area contributed by atoms with Gasteiger partial charge in [0, 0.05) is 23.0 Å². The first-order valence-corrected chi connectivity index (χ1v) is 9.77. The van der Waals surface area contributed by atoms with Crippen molar-refractivity contribution in [2.45, 2.75) is 20.8 Å². The van der Waals surface area contributed by atoms with Crippen molar-refractivity contribution in [2.24, 2.45) is 0 Å². The van der Waals surface area contributed by atoms with Crippen molar-refractivity contribution in [3.63, 3.8) is 0 Å². The predicted octanol–water partition coefficient (Wildman–Crippen LogP) is 4.12. The predicted molar refractivity (Wildman–Crippen MR) is 113 cm³/mol. The van der Waals surface area contributed by atoms with Crippen LogP contribution in [0.1, 0.15) is 22.5 Å². The molecule has 3 heterocycles. The number of thiazole rings is 1. The van der Waals surface area contributed by atoms with Crippen molar-refractivity contribution < 1.29 is 4.79 Å². The zero-order valence-electron chi connectivity index (χ0n) is 15.2. The fraction of sp³-hybridized carbons (Fsp3) is 0.150. The summed E-state index contributed by atoms with van der Waals surface area (Å²) in [6.07, 6.45) is 3.65. The number of hydrogen-bond donors (Lipinski definition) is 1. The first-order valence-electron chi connectivity index (χ1n) is 8.48. The molecular formula is C20H18N4OS2. The van der Waals surface area contributed by atoms with Crippen LogP contribution in [-0.2, 0) is 4.79 Å². The zero-order valence-corrected chi connectivity index (χ0v) is 16.8. The number of rotatable bonds is 3. The SMILES string of the molecule is Cc1ccc(N2C(=O)/C(=C/c3cc(C)n(-c4nccs4)c3C)NC2=S)cc1. The number of aromatic nitrogens is 2. The molecule has 3 aromatic rings. The van der Waals surface area contributed by atoms with Gasteiger partial charge in [0.05, 0.1) is 5.69 Å². The zero-order chi connectivity index (χ0) is 19.1. The number of benzene rings is 1. The van der Waals surface area contributed by atoms with Gasteiger partial charge in [0.1, 0.15) is 5.70 Å². The van der Waals surface area contributed by atoms with E-state index in [0.29, 0.717) is 10.8 Å². The number of amides is 1. The first kappa shape index (κ1) is 17.6. The molecule has 5 nitrogen and oxygen atoms in total. The third kappa shape index (κ3) is 3.09.